The number of hydrogen-bond donors (Lipinski definition) is 1. The number of hydrogen-bond acceptors (Lipinski definition) is 3. The van der Waals surface area contributed by atoms with E-state index in [4.69, 9.17) is 0 Å². The average molecular weight is 345 g/mol. The summed E-state index contributed by atoms with van der Waals surface area (Å²) in [4.78, 5) is 4.08. The van der Waals surface area contributed by atoms with Gasteiger partial charge in [-0.15, -0.1) is 11.3 Å². The van der Waals surface area contributed by atoms with Crippen LogP contribution in [-0.2, 0) is 6.54 Å². The van der Waals surface area contributed by atoms with E-state index in [0.717, 1.165) is 25.6 Å². The molecule has 2 nitrogen and oxygen atoms in total. The molecule has 108 valence electrons. The second-order valence-corrected chi connectivity index (χ2v) is 9.15. The fourth-order valence-corrected chi connectivity index (χ4v) is 4.21. The van der Waals surface area contributed by atoms with E-state index < -0.39 is 0 Å². The molecule has 1 atom stereocenters. The number of halogens is 1. The molecule has 1 aromatic heterocycles. The molecule has 0 bridgehead atoms. The van der Waals surface area contributed by atoms with Crippen LogP contribution in [0.5, 0.6) is 0 Å². The summed E-state index contributed by atoms with van der Waals surface area (Å²) in [5.74, 6) is 0.761. The summed E-state index contributed by atoms with van der Waals surface area (Å²) < 4.78 is 1.23. The topological polar surface area (TPSA) is 15.3 Å². The third-order valence-electron chi connectivity index (χ3n) is 3.85. The van der Waals surface area contributed by atoms with Crippen LogP contribution >= 0.6 is 27.3 Å². The lowest BCUT2D eigenvalue weighted by Crippen LogP contribution is -2.61. The standard InChI is InChI=1S/C15H25BrN2S/c1-11(2)7-12-8-18(15(3,4)10-17-12)9-13-5-6-14(16)19-13/h5-6,11-12,17H,7-10H2,1-4H3. The van der Waals surface area contributed by atoms with Crippen molar-refractivity contribution < 1.29 is 0 Å². The van der Waals surface area contributed by atoms with Gasteiger partial charge in [-0.25, -0.2) is 0 Å². The highest BCUT2D eigenvalue weighted by Gasteiger charge is 2.34. The van der Waals surface area contributed by atoms with Crippen LogP contribution in [0.25, 0.3) is 0 Å². The third-order valence-corrected chi connectivity index (χ3v) is 5.46. The zero-order valence-corrected chi connectivity index (χ0v) is 14.8. The maximum atomic E-state index is 3.71. The van der Waals surface area contributed by atoms with Crippen molar-refractivity contribution in [1.29, 1.82) is 0 Å². The highest BCUT2D eigenvalue weighted by molar-refractivity contribution is 9.11. The molecule has 0 radical (unpaired) electrons. The fourth-order valence-electron chi connectivity index (χ4n) is 2.71. The molecule has 0 spiro atoms. The van der Waals surface area contributed by atoms with Crippen molar-refractivity contribution in [2.24, 2.45) is 5.92 Å². The molecule has 1 fully saturated rings. The molecular formula is C15H25BrN2S. The SMILES string of the molecule is CC(C)CC1CN(Cc2ccc(Br)s2)C(C)(C)CN1. The van der Waals surface area contributed by atoms with Gasteiger partial charge in [-0.1, -0.05) is 13.8 Å². The van der Waals surface area contributed by atoms with Crippen molar-refractivity contribution in [3.05, 3.63) is 20.8 Å². The van der Waals surface area contributed by atoms with Crippen LogP contribution < -0.4 is 5.32 Å². The Hall–Kier alpha value is 0.1000. The third kappa shape index (κ3) is 4.28. The van der Waals surface area contributed by atoms with E-state index in [1.54, 1.807) is 0 Å². The first-order valence-corrected chi connectivity index (χ1v) is 8.70. The van der Waals surface area contributed by atoms with Gasteiger partial charge in [-0.2, -0.15) is 0 Å². The number of rotatable bonds is 4. The zero-order valence-electron chi connectivity index (χ0n) is 12.4. The van der Waals surface area contributed by atoms with Crippen molar-refractivity contribution in [3.63, 3.8) is 0 Å². The Morgan fingerprint density at radius 2 is 2.21 bits per heavy atom. The molecule has 4 heteroatoms. The maximum absolute atomic E-state index is 3.71. The minimum Gasteiger partial charge on any atom is -0.311 e. The quantitative estimate of drug-likeness (QED) is 0.884. The van der Waals surface area contributed by atoms with Crippen LogP contribution in [0, 0.1) is 5.92 Å². The smallest absolute Gasteiger partial charge is 0.0701 e. The summed E-state index contributed by atoms with van der Waals surface area (Å²) in [7, 11) is 0. The lowest BCUT2D eigenvalue weighted by Gasteiger charge is -2.46. The molecule has 0 aromatic carbocycles. The minimum absolute atomic E-state index is 0.240. The molecule has 0 amide bonds. The maximum Gasteiger partial charge on any atom is 0.0701 e. The second-order valence-electron chi connectivity index (χ2n) is 6.61. The molecule has 1 saturated heterocycles. The number of piperazine rings is 1. The molecule has 19 heavy (non-hydrogen) atoms. The molecule has 1 unspecified atom stereocenters. The van der Waals surface area contributed by atoms with Gasteiger partial charge in [0.2, 0.25) is 0 Å². The predicted molar refractivity (Wildman–Crippen MR) is 87.8 cm³/mol. The first-order valence-electron chi connectivity index (χ1n) is 7.09. The van der Waals surface area contributed by atoms with E-state index in [9.17, 15) is 0 Å². The van der Waals surface area contributed by atoms with Gasteiger partial charge in [0.25, 0.3) is 0 Å². The van der Waals surface area contributed by atoms with Crippen molar-refractivity contribution in [1.82, 2.24) is 10.2 Å². The Balaban J connectivity index is 2.02. The van der Waals surface area contributed by atoms with Crippen LogP contribution in [-0.4, -0.2) is 29.6 Å². The van der Waals surface area contributed by atoms with E-state index in [1.165, 1.54) is 15.1 Å². The molecule has 1 aliphatic rings. The fraction of sp³-hybridized carbons (Fsp3) is 0.733. The van der Waals surface area contributed by atoms with E-state index >= 15 is 0 Å². The zero-order chi connectivity index (χ0) is 14.0. The Morgan fingerprint density at radius 3 is 2.79 bits per heavy atom. The summed E-state index contributed by atoms with van der Waals surface area (Å²) in [6, 6.07) is 5.03. The van der Waals surface area contributed by atoms with Gasteiger partial charge in [-0.05, 0) is 54.2 Å². The van der Waals surface area contributed by atoms with Gasteiger partial charge >= 0.3 is 0 Å². The average Bonchev–Trinajstić information content (AvgIpc) is 2.69. The molecule has 1 N–H and O–H groups in total. The Morgan fingerprint density at radius 1 is 1.47 bits per heavy atom. The van der Waals surface area contributed by atoms with Crippen LogP contribution in [0.3, 0.4) is 0 Å². The molecule has 1 aromatic rings. The van der Waals surface area contributed by atoms with Crippen LogP contribution in [0.15, 0.2) is 15.9 Å². The summed E-state index contributed by atoms with van der Waals surface area (Å²) in [5, 5.41) is 3.71. The van der Waals surface area contributed by atoms with Crippen molar-refractivity contribution in [2.75, 3.05) is 13.1 Å². The van der Waals surface area contributed by atoms with Crippen LogP contribution in [0.2, 0.25) is 0 Å². The Labute approximate surface area is 129 Å². The molecule has 0 aliphatic carbocycles. The number of thiophene rings is 1. The highest BCUT2D eigenvalue weighted by Crippen LogP contribution is 2.28. The largest absolute Gasteiger partial charge is 0.311 e. The second kappa shape index (κ2) is 6.25. The van der Waals surface area contributed by atoms with E-state index in [2.05, 4.69) is 66.0 Å². The van der Waals surface area contributed by atoms with Gasteiger partial charge in [0.1, 0.15) is 0 Å². The highest BCUT2D eigenvalue weighted by atomic mass is 79.9. The summed E-state index contributed by atoms with van der Waals surface area (Å²) in [5.41, 5.74) is 0.240. The minimum atomic E-state index is 0.240. The summed E-state index contributed by atoms with van der Waals surface area (Å²) in [6.45, 7) is 12.6. The molecule has 2 rings (SSSR count). The van der Waals surface area contributed by atoms with Crippen LogP contribution in [0.1, 0.15) is 39.0 Å². The van der Waals surface area contributed by atoms with E-state index in [1.807, 2.05) is 11.3 Å². The Bertz CT molecular complexity index is 414. The lowest BCUT2D eigenvalue weighted by molar-refractivity contribution is 0.0545. The van der Waals surface area contributed by atoms with E-state index in [-0.39, 0.29) is 5.54 Å². The normalized spacial score (nSPS) is 24.0. The molecule has 0 saturated carbocycles. The van der Waals surface area contributed by atoms with Gasteiger partial charge in [-0.3, -0.25) is 4.90 Å². The number of nitrogens with one attached hydrogen (secondary N) is 1. The molecule has 2 heterocycles. The van der Waals surface area contributed by atoms with Gasteiger partial charge in [0.15, 0.2) is 0 Å². The van der Waals surface area contributed by atoms with Gasteiger partial charge in [0, 0.05) is 36.1 Å². The van der Waals surface area contributed by atoms with Gasteiger partial charge < -0.3 is 5.32 Å². The molecule has 1 aliphatic heterocycles. The summed E-state index contributed by atoms with van der Waals surface area (Å²) in [6.07, 6.45) is 1.26. The van der Waals surface area contributed by atoms with Crippen molar-refractivity contribution >= 4 is 27.3 Å². The van der Waals surface area contributed by atoms with E-state index in [0.29, 0.717) is 6.04 Å². The van der Waals surface area contributed by atoms with Crippen LogP contribution in [0.4, 0.5) is 0 Å². The summed E-state index contributed by atoms with van der Waals surface area (Å²) >= 11 is 5.41. The van der Waals surface area contributed by atoms with Crippen molar-refractivity contribution in [3.8, 4) is 0 Å². The number of nitrogens with zero attached hydrogens (tertiary/aromatic N) is 1. The lowest BCUT2D eigenvalue weighted by atomic mass is 9.93. The van der Waals surface area contributed by atoms with Crippen molar-refractivity contribution in [2.45, 2.75) is 52.2 Å². The van der Waals surface area contributed by atoms with Gasteiger partial charge in [0.05, 0.1) is 3.79 Å². The predicted octanol–water partition coefficient (Wildman–Crippen LogP) is 4.11. The first kappa shape index (κ1) is 15.5. The molecular weight excluding hydrogens is 320 g/mol. The Kier molecular flexibility index (Phi) is 5.09. The first-order chi connectivity index (χ1) is 8.87. The monoisotopic (exact) mass is 344 g/mol.